The summed E-state index contributed by atoms with van der Waals surface area (Å²) in [4.78, 5) is 18.5. The molecule has 1 aliphatic heterocycles. The number of amides is 1. The lowest BCUT2D eigenvalue weighted by atomic mass is 10.2. The normalized spacial score (nSPS) is 19.9. The third-order valence-electron chi connectivity index (χ3n) is 2.93. The highest BCUT2D eigenvalue weighted by Crippen LogP contribution is 2.17. The number of rotatable bonds is 3. The van der Waals surface area contributed by atoms with Crippen LogP contribution in [-0.4, -0.2) is 47.2 Å². The molecule has 0 unspecified atom stereocenters. The largest absolute Gasteiger partial charge is 0.336 e. The van der Waals surface area contributed by atoms with Crippen LogP contribution in [0.5, 0.6) is 0 Å². The molecular weight excluding hydrogens is 246 g/mol. The number of hydrogen-bond acceptors (Lipinski definition) is 4. The first-order chi connectivity index (χ1) is 8.70. The summed E-state index contributed by atoms with van der Waals surface area (Å²) in [6, 6.07) is 4.06. The second-order valence-corrected chi connectivity index (χ2v) is 5.71. The van der Waals surface area contributed by atoms with Crippen LogP contribution in [0, 0.1) is 0 Å². The number of nitrogens with zero attached hydrogens (tertiary/aromatic N) is 2. The zero-order chi connectivity index (χ0) is 13.0. The fraction of sp³-hybridized carbons (Fsp3) is 0.538. The van der Waals surface area contributed by atoms with Crippen LogP contribution in [-0.2, 0) is 0 Å². The van der Waals surface area contributed by atoms with Crippen LogP contribution >= 0.6 is 11.8 Å². The van der Waals surface area contributed by atoms with E-state index in [2.05, 4.69) is 24.1 Å². The van der Waals surface area contributed by atoms with Gasteiger partial charge in [-0.15, -0.1) is 11.8 Å². The molecule has 1 amide bonds. The monoisotopic (exact) mass is 265 g/mol. The van der Waals surface area contributed by atoms with E-state index < -0.39 is 0 Å². The number of pyridine rings is 1. The van der Waals surface area contributed by atoms with E-state index in [1.165, 1.54) is 0 Å². The lowest BCUT2D eigenvalue weighted by Gasteiger charge is -2.32. The van der Waals surface area contributed by atoms with Crippen molar-refractivity contribution in [3.05, 3.63) is 23.9 Å². The molecule has 2 rings (SSSR count). The summed E-state index contributed by atoms with van der Waals surface area (Å²) in [6.45, 7) is 6.61. The van der Waals surface area contributed by atoms with Gasteiger partial charge in [-0.1, -0.05) is 6.92 Å². The molecule has 1 fully saturated rings. The van der Waals surface area contributed by atoms with Crippen molar-refractivity contribution in [3.63, 3.8) is 0 Å². The molecule has 98 valence electrons. The molecule has 1 aromatic heterocycles. The van der Waals surface area contributed by atoms with Crippen molar-refractivity contribution in [1.29, 1.82) is 0 Å². The van der Waals surface area contributed by atoms with E-state index in [0.717, 1.165) is 36.0 Å². The molecule has 0 aliphatic carbocycles. The molecule has 1 atom stereocenters. The number of aromatic nitrogens is 1. The van der Waals surface area contributed by atoms with Gasteiger partial charge in [0.25, 0.3) is 5.91 Å². The van der Waals surface area contributed by atoms with Crippen molar-refractivity contribution in [1.82, 2.24) is 15.2 Å². The smallest absolute Gasteiger partial charge is 0.254 e. The van der Waals surface area contributed by atoms with Gasteiger partial charge in [0.05, 0.1) is 5.03 Å². The first-order valence-corrected chi connectivity index (χ1v) is 7.30. The van der Waals surface area contributed by atoms with Gasteiger partial charge < -0.3 is 10.2 Å². The molecule has 0 saturated carbocycles. The maximum Gasteiger partial charge on any atom is 0.254 e. The van der Waals surface area contributed by atoms with Gasteiger partial charge in [-0.2, -0.15) is 0 Å². The van der Waals surface area contributed by atoms with Crippen LogP contribution in [0.25, 0.3) is 0 Å². The van der Waals surface area contributed by atoms with Gasteiger partial charge in [-0.25, -0.2) is 4.98 Å². The van der Waals surface area contributed by atoms with Crippen molar-refractivity contribution < 1.29 is 4.79 Å². The molecule has 0 aromatic carbocycles. The van der Waals surface area contributed by atoms with Gasteiger partial charge in [-0.05, 0) is 24.8 Å². The van der Waals surface area contributed by atoms with Gasteiger partial charge >= 0.3 is 0 Å². The Balaban J connectivity index is 2.10. The van der Waals surface area contributed by atoms with E-state index in [9.17, 15) is 4.79 Å². The van der Waals surface area contributed by atoms with Crippen LogP contribution in [0.15, 0.2) is 23.4 Å². The van der Waals surface area contributed by atoms with E-state index >= 15 is 0 Å². The Labute approximate surface area is 112 Å². The number of carbonyl (C=O) groups excluding carboxylic acids is 1. The molecule has 4 nitrogen and oxygen atoms in total. The van der Waals surface area contributed by atoms with E-state index in [0.29, 0.717) is 6.04 Å². The van der Waals surface area contributed by atoms with Crippen molar-refractivity contribution in [2.24, 2.45) is 0 Å². The zero-order valence-electron chi connectivity index (χ0n) is 10.8. The Morgan fingerprint density at radius 3 is 3.22 bits per heavy atom. The highest BCUT2D eigenvalue weighted by Gasteiger charge is 2.21. The summed E-state index contributed by atoms with van der Waals surface area (Å²) in [6.07, 6.45) is 1.72. The summed E-state index contributed by atoms with van der Waals surface area (Å²) in [5, 5.41) is 4.26. The Morgan fingerprint density at radius 2 is 2.50 bits per heavy atom. The molecule has 1 N–H and O–H groups in total. The number of nitrogens with one attached hydrogen (secondary N) is 1. The number of piperazine rings is 1. The average Bonchev–Trinajstić information content (AvgIpc) is 2.39. The Morgan fingerprint density at radius 1 is 1.67 bits per heavy atom. The number of thioether (sulfide) groups is 1. The third kappa shape index (κ3) is 3.23. The fourth-order valence-corrected chi connectivity index (χ4v) is 2.71. The van der Waals surface area contributed by atoms with Gasteiger partial charge in [-0.3, -0.25) is 4.79 Å². The van der Waals surface area contributed by atoms with Crippen LogP contribution < -0.4 is 5.32 Å². The zero-order valence-corrected chi connectivity index (χ0v) is 11.7. The molecule has 0 spiro atoms. The van der Waals surface area contributed by atoms with Gasteiger partial charge in [0.1, 0.15) is 0 Å². The number of hydrogen-bond donors (Lipinski definition) is 1. The Kier molecular flexibility index (Phi) is 4.60. The third-order valence-corrected chi connectivity index (χ3v) is 3.74. The Bertz CT molecular complexity index is 424. The minimum atomic E-state index is 0.115. The molecule has 1 aromatic rings. The maximum atomic E-state index is 12.4. The minimum absolute atomic E-state index is 0.115. The molecule has 1 aliphatic rings. The van der Waals surface area contributed by atoms with Gasteiger partial charge in [0.2, 0.25) is 0 Å². The second kappa shape index (κ2) is 6.20. The lowest BCUT2D eigenvalue weighted by Crippen LogP contribution is -2.51. The molecule has 0 bridgehead atoms. The second-order valence-electron chi connectivity index (χ2n) is 4.42. The van der Waals surface area contributed by atoms with Crippen LogP contribution in [0.1, 0.15) is 24.2 Å². The van der Waals surface area contributed by atoms with Crippen molar-refractivity contribution >= 4 is 17.7 Å². The van der Waals surface area contributed by atoms with Crippen LogP contribution in [0.4, 0.5) is 0 Å². The van der Waals surface area contributed by atoms with Gasteiger partial charge in [0, 0.05) is 37.4 Å². The Hall–Kier alpha value is -1.07. The summed E-state index contributed by atoms with van der Waals surface area (Å²) in [5.41, 5.74) is 0.745. The molecule has 18 heavy (non-hydrogen) atoms. The molecule has 0 radical (unpaired) electrons. The summed E-state index contributed by atoms with van der Waals surface area (Å²) >= 11 is 1.66. The standard InChI is InChI=1S/C13H19N3OS/c1-3-18-12-8-11(4-5-15-12)13(17)16-7-6-14-10(2)9-16/h4-5,8,10,14H,3,6-7,9H2,1-2H3/t10-/m1/s1. The van der Waals surface area contributed by atoms with Gasteiger partial charge in [0.15, 0.2) is 0 Å². The highest BCUT2D eigenvalue weighted by molar-refractivity contribution is 7.99. The van der Waals surface area contributed by atoms with Crippen molar-refractivity contribution in [2.75, 3.05) is 25.4 Å². The summed E-state index contributed by atoms with van der Waals surface area (Å²) in [7, 11) is 0. The SMILES string of the molecule is CCSc1cc(C(=O)N2CCN[C@H](C)C2)ccn1. The van der Waals surface area contributed by atoms with Crippen LogP contribution in [0.3, 0.4) is 0 Å². The fourth-order valence-electron chi connectivity index (χ4n) is 2.07. The predicted octanol–water partition coefficient (Wildman–Crippen LogP) is 1.63. The predicted molar refractivity (Wildman–Crippen MR) is 74.0 cm³/mol. The molecule has 5 heteroatoms. The quantitative estimate of drug-likeness (QED) is 0.844. The lowest BCUT2D eigenvalue weighted by molar-refractivity contribution is 0.0708. The van der Waals surface area contributed by atoms with Crippen LogP contribution in [0.2, 0.25) is 0 Å². The first kappa shape index (κ1) is 13.4. The molecule has 1 saturated heterocycles. The van der Waals surface area contributed by atoms with Crippen molar-refractivity contribution in [3.8, 4) is 0 Å². The van der Waals surface area contributed by atoms with E-state index in [-0.39, 0.29) is 5.91 Å². The molecule has 2 heterocycles. The maximum absolute atomic E-state index is 12.4. The van der Waals surface area contributed by atoms with E-state index in [4.69, 9.17) is 0 Å². The summed E-state index contributed by atoms with van der Waals surface area (Å²) in [5.74, 6) is 1.08. The van der Waals surface area contributed by atoms with E-state index in [1.807, 2.05) is 11.0 Å². The molecular formula is C13H19N3OS. The summed E-state index contributed by atoms with van der Waals surface area (Å²) < 4.78 is 0. The average molecular weight is 265 g/mol. The minimum Gasteiger partial charge on any atom is -0.336 e. The van der Waals surface area contributed by atoms with Crippen molar-refractivity contribution in [2.45, 2.75) is 24.9 Å². The highest BCUT2D eigenvalue weighted by atomic mass is 32.2. The topological polar surface area (TPSA) is 45.2 Å². The number of carbonyl (C=O) groups is 1. The van der Waals surface area contributed by atoms with E-state index in [1.54, 1.807) is 24.0 Å². The first-order valence-electron chi connectivity index (χ1n) is 6.32.